The fourth-order valence-electron chi connectivity index (χ4n) is 2.92. The van der Waals surface area contributed by atoms with E-state index >= 15 is 0 Å². The highest BCUT2D eigenvalue weighted by Crippen LogP contribution is 2.24. The predicted octanol–water partition coefficient (Wildman–Crippen LogP) is 6.34. The van der Waals surface area contributed by atoms with Gasteiger partial charge >= 0.3 is 0 Å². The number of para-hydroxylation sites is 1. The Bertz CT molecular complexity index is 901. The minimum atomic E-state index is 0. The van der Waals surface area contributed by atoms with Gasteiger partial charge in [0.2, 0.25) is 0 Å². The summed E-state index contributed by atoms with van der Waals surface area (Å²) in [6, 6.07) is 21.4. The van der Waals surface area contributed by atoms with Crippen molar-refractivity contribution < 1.29 is 9.47 Å². The molecule has 0 aliphatic heterocycles. The third-order valence-corrected chi connectivity index (χ3v) is 4.90. The van der Waals surface area contributed by atoms with E-state index in [1.165, 1.54) is 5.56 Å². The Balaban J connectivity index is 0.00000300. The summed E-state index contributed by atoms with van der Waals surface area (Å²) in [6.45, 7) is 1.97. The summed E-state index contributed by atoms with van der Waals surface area (Å²) in [5.74, 6) is 1.74. The van der Waals surface area contributed by atoms with E-state index in [-0.39, 0.29) is 12.4 Å². The molecule has 0 atom stereocenters. The molecule has 3 nitrogen and oxygen atoms in total. The van der Waals surface area contributed by atoms with Gasteiger partial charge < -0.3 is 14.8 Å². The number of hydrogen-bond donors (Lipinski definition) is 1. The van der Waals surface area contributed by atoms with Gasteiger partial charge in [0.05, 0.1) is 7.11 Å². The molecule has 3 aromatic rings. The van der Waals surface area contributed by atoms with E-state index in [2.05, 4.69) is 11.4 Å². The Morgan fingerprint density at radius 1 is 0.828 bits per heavy atom. The fraction of sp³-hybridized carbons (Fsp3) is 0.217. The van der Waals surface area contributed by atoms with Gasteiger partial charge in [0.15, 0.2) is 0 Å². The van der Waals surface area contributed by atoms with Crippen LogP contribution in [0.1, 0.15) is 16.7 Å². The van der Waals surface area contributed by atoms with Crippen LogP contribution in [0.5, 0.6) is 11.5 Å². The van der Waals surface area contributed by atoms with Crippen LogP contribution in [-0.4, -0.2) is 13.7 Å². The van der Waals surface area contributed by atoms with E-state index in [4.69, 9.17) is 32.7 Å². The lowest BCUT2D eigenvalue weighted by atomic mass is 10.1. The average Bonchev–Trinajstić information content (AvgIpc) is 2.72. The molecule has 0 bridgehead atoms. The highest BCUT2D eigenvalue weighted by atomic mass is 35.5. The quantitative estimate of drug-likeness (QED) is 0.384. The summed E-state index contributed by atoms with van der Waals surface area (Å²) >= 11 is 12.1. The smallest absolute Gasteiger partial charge is 0.124 e. The molecular weight excluding hydrogens is 429 g/mol. The van der Waals surface area contributed by atoms with Crippen LogP contribution in [0.25, 0.3) is 0 Å². The molecule has 0 heterocycles. The van der Waals surface area contributed by atoms with Crippen LogP contribution in [0.4, 0.5) is 0 Å². The van der Waals surface area contributed by atoms with Gasteiger partial charge in [0, 0.05) is 22.2 Å². The highest BCUT2D eigenvalue weighted by molar-refractivity contribution is 6.30. The number of benzene rings is 3. The van der Waals surface area contributed by atoms with Gasteiger partial charge in [0.25, 0.3) is 0 Å². The fourth-order valence-corrected chi connectivity index (χ4v) is 3.24. The molecule has 0 aromatic heterocycles. The zero-order valence-corrected chi connectivity index (χ0v) is 18.5. The second-order valence-electron chi connectivity index (χ2n) is 6.41. The minimum Gasteiger partial charge on any atom is -0.496 e. The van der Waals surface area contributed by atoms with E-state index in [9.17, 15) is 0 Å². The summed E-state index contributed by atoms with van der Waals surface area (Å²) in [7, 11) is 1.70. The van der Waals surface area contributed by atoms with Crippen LogP contribution in [0, 0.1) is 0 Å². The number of halogens is 3. The molecule has 0 amide bonds. The number of ether oxygens (including phenoxy) is 2. The summed E-state index contributed by atoms with van der Waals surface area (Å²) < 4.78 is 11.4. The van der Waals surface area contributed by atoms with Crippen LogP contribution in [0.3, 0.4) is 0 Å². The molecular formula is C23H24Cl3NO2. The summed E-state index contributed by atoms with van der Waals surface area (Å²) in [5, 5.41) is 4.88. The maximum absolute atomic E-state index is 6.19. The van der Waals surface area contributed by atoms with Gasteiger partial charge in [-0.15, -0.1) is 12.4 Å². The molecule has 3 rings (SSSR count). The van der Waals surface area contributed by atoms with E-state index in [1.54, 1.807) is 7.11 Å². The Morgan fingerprint density at radius 2 is 1.55 bits per heavy atom. The number of hydrogen-bond acceptors (Lipinski definition) is 3. The number of rotatable bonds is 9. The van der Waals surface area contributed by atoms with Gasteiger partial charge in [-0.1, -0.05) is 53.5 Å². The summed E-state index contributed by atoms with van der Waals surface area (Å²) in [6.07, 6.45) is 0.881. The van der Waals surface area contributed by atoms with Crippen molar-refractivity contribution >= 4 is 35.6 Å². The monoisotopic (exact) mass is 451 g/mol. The Morgan fingerprint density at radius 3 is 2.31 bits per heavy atom. The predicted molar refractivity (Wildman–Crippen MR) is 123 cm³/mol. The molecule has 0 aliphatic carbocycles. The first-order valence-electron chi connectivity index (χ1n) is 9.14. The third kappa shape index (κ3) is 7.13. The minimum absolute atomic E-state index is 0. The molecule has 0 radical (unpaired) electrons. The van der Waals surface area contributed by atoms with Gasteiger partial charge in [-0.2, -0.15) is 0 Å². The molecule has 29 heavy (non-hydrogen) atoms. The molecule has 0 aliphatic rings. The van der Waals surface area contributed by atoms with Crippen molar-refractivity contribution in [2.24, 2.45) is 0 Å². The molecule has 154 valence electrons. The van der Waals surface area contributed by atoms with Crippen molar-refractivity contribution in [2.45, 2.75) is 19.6 Å². The average molecular weight is 453 g/mol. The van der Waals surface area contributed by atoms with Crippen LogP contribution in [-0.2, 0) is 19.6 Å². The summed E-state index contributed by atoms with van der Waals surface area (Å²) in [5.41, 5.74) is 3.28. The number of methoxy groups -OCH3 is 1. The van der Waals surface area contributed by atoms with Gasteiger partial charge in [-0.25, -0.2) is 0 Å². The number of nitrogens with one attached hydrogen (secondary N) is 1. The van der Waals surface area contributed by atoms with Gasteiger partial charge in [-0.05, 0) is 60.5 Å². The first kappa shape index (κ1) is 23.4. The van der Waals surface area contributed by atoms with Crippen LogP contribution >= 0.6 is 35.6 Å². The van der Waals surface area contributed by atoms with E-state index in [0.29, 0.717) is 18.2 Å². The molecule has 0 saturated carbocycles. The molecule has 3 aromatic carbocycles. The summed E-state index contributed by atoms with van der Waals surface area (Å²) in [4.78, 5) is 0. The SMILES string of the molecule is COc1ccccc1CCNCc1cc(Cl)ccc1OCc1ccc(Cl)cc1.Cl. The van der Waals surface area contributed by atoms with E-state index in [0.717, 1.165) is 40.6 Å². The van der Waals surface area contributed by atoms with Crippen molar-refractivity contribution in [3.05, 3.63) is 93.5 Å². The Hall–Kier alpha value is -1.91. The molecule has 1 N–H and O–H groups in total. The van der Waals surface area contributed by atoms with Gasteiger partial charge in [-0.3, -0.25) is 0 Å². The lowest BCUT2D eigenvalue weighted by molar-refractivity contribution is 0.302. The Labute approximate surface area is 188 Å². The topological polar surface area (TPSA) is 30.5 Å². The van der Waals surface area contributed by atoms with Crippen molar-refractivity contribution in [2.75, 3.05) is 13.7 Å². The zero-order valence-electron chi connectivity index (χ0n) is 16.2. The van der Waals surface area contributed by atoms with Crippen molar-refractivity contribution in [3.63, 3.8) is 0 Å². The van der Waals surface area contributed by atoms with Gasteiger partial charge in [0.1, 0.15) is 18.1 Å². The van der Waals surface area contributed by atoms with Crippen LogP contribution in [0.15, 0.2) is 66.7 Å². The lowest BCUT2D eigenvalue weighted by Gasteiger charge is -2.14. The second kappa shape index (κ2) is 11.9. The second-order valence-corrected chi connectivity index (χ2v) is 7.28. The van der Waals surface area contributed by atoms with Crippen LogP contribution < -0.4 is 14.8 Å². The highest BCUT2D eigenvalue weighted by Gasteiger charge is 2.07. The molecule has 6 heteroatoms. The maximum Gasteiger partial charge on any atom is 0.124 e. The van der Waals surface area contributed by atoms with Crippen molar-refractivity contribution in [1.29, 1.82) is 0 Å². The Kier molecular flexibility index (Phi) is 9.62. The molecule has 0 unspecified atom stereocenters. The largest absolute Gasteiger partial charge is 0.496 e. The van der Waals surface area contributed by atoms with Crippen molar-refractivity contribution in [1.82, 2.24) is 5.32 Å². The molecule has 0 spiro atoms. The van der Waals surface area contributed by atoms with Crippen molar-refractivity contribution in [3.8, 4) is 11.5 Å². The third-order valence-electron chi connectivity index (χ3n) is 4.41. The normalized spacial score (nSPS) is 10.3. The maximum atomic E-state index is 6.19. The first-order chi connectivity index (χ1) is 13.7. The van der Waals surface area contributed by atoms with Crippen LogP contribution in [0.2, 0.25) is 10.0 Å². The standard InChI is InChI=1S/C23H23Cl2NO2.ClH/c1-27-22-5-3-2-4-18(22)12-13-26-15-19-14-21(25)10-11-23(19)28-16-17-6-8-20(24)9-7-17;/h2-11,14,26H,12-13,15-16H2,1H3;1H. The van der Waals surface area contributed by atoms with E-state index in [1.807, 2.05) is 60.7 Å². The molecule has 0 fully saturated rings. The first-order valence-corrected chi connectivity index (χ1v) is 9.89. The zero-order chi connectivity index (χ0) is 19.8. The molecule has 0 saturated heterocycles. The lowest BCUT2D eigenvalue weighted by Crippen LogP contribution is -2.17. The van der Waals surface area contributed by atoms with E-state index < -0.39 is 0 Å².